The third-order valence-electron chi connectivity index (χ3n) is 2.05. The number of carbonyl (C=O) groups excluding carboxylic acids is 1. The number of amides is 2. The topological polar surface area (TPSA) is 76.7 Å². The minimum absolute atomic E-state index is 0.426. The molecule has 1 aromatic carbocycles. The van der Waals surface area contributed by atoms with Crippen molar-refractivity contribution in [2.24, 2.45) is 10.8 Å². The molecule has 1 aromatic rings. The summed E-state index contributed by atoms with van der Waals surface area (Å²) < 4.78 is 18.7. The Morgan fingerprint density at radius 1 is 1.56 bits per heavy atom. The van der Waals surface area contributed by atoms with Crippen molar-refractivity contribution in [3.8, 4) is 5.75 Å². The molecule has 0 radical (unpaired) electrons. The third kappa shape index (κ3) is 5.29. The molecule has 18 heavy (non-hydrogen) atoms. The second-order valence-corrected chi connectivity index (χ2v) is 3.66. The minimum atomic E-state index is -0.776. The molecule has 0 spiro atoms. The first-order valence-electron chi connectivity index (χ1n) is 5.63. The van der Waals surface area contributed by atoms with Crippen LogP contribution in [0.3, 0.4) is 0 Å². The van der Waals surface area contributed by atoms with Gasteiger partial charge in [-0.1, -0.05) is 13.3 Å². The molecule has 5 nitrogen and oxygen atoms in total. The van der Waals surface area contributed by atoms with Crippen molar-refractivity contribution < 1.29 is 13.9 Å². The highest BCUT2D eigenvalue weighted by atomic mass is 19.1. The van der Waals surface area contributed by atoms with Crippen molar-refractivity contribution in [2.45, 2.75) is 19.8 Å². The molecule has 0 aliphatic carbocycles. The summed E-state index contributed by atoms with van der Waals surface area (Å²) >= 11 is 0. The number of carbonyl (C=O) groups is 1. The average molecular weight is 253 g/mol. The molecule has 0 atom stereocenters. The van der Waals surface area contributed by atoms with Crippen LogP contribution in [0.15, 0.2) is 23.3 Å². The number of hydrogen-bond donors (Lipinski definition) is 2. The van der Waals surface area contributed by atoms with Gasteiger partial charge in [-0.3, -0.25) is 0 Å². The van der Waals surface area contributed by atoms with Gasteiger partial charge in [0.2, 0.25) is 0 Å². The summed E-state index contributed by atoms with van der Waals surface area (Å²) in [7, 11) is 0. The Balaban J connectivity index is 2.68. The van der Waals surface area contributed by atoms with Gasteiger partial charge < -0.3 is 10.5 Å². The fraction of sp³-hybridized carbons (Fsp3) is 0.333. The Kier molecular flexibility index (Phi) is 5.63. The molecule has 0 fully saturated rings. The van der Waals surface area contributed by atoms with Crippen LogP contribution in [0.1, 0.15) is 25.3 Å². The SMILES string of the molecule is CCCCOc1cc(F)cc(C=NNC(N)=O)c1. The third-order valence-corrected chi connectivity index (χ3v) is 2.05. The Hall–Kier alpha value is -2.11. The molecule has 0 aromatic heterocycles. The molecule has 0 saturated heterocycles. The van der Waals surface area contributed by atoms with Crippen LogP contribution in [-0.2, 0) is 0 Å². The number of hydrazone groups is 1. The number of benzene rings is 1. The van der Waals surface area contributed by atoms with E-state index in [2.05, 4.69) is 5.10 Å². The number of rotatable bonds is 6. The predicted octanol–water partition coefficient (Wildman–Crippen LogP) is 2.01. The molecule has 0 aliphatic rings. The summed E-state index contributed by atoms with van der Waals surface area (Å²) in [6.45, 7) is 2.58. The summed E-state index contributed by atoms with van der Waals surface area (Å²) in [6, 6.07) is 3.43. The molecule has 0 unspecified atom stereocenters. The van der Waals surface area contributed by atoms with Gasteiger partial charge >= 0.3 is 6.03 Å². The van der Waals surface area contributed by atoms with Gasteiger partial charge in [-0.2, -0.15) is 5.10 Å². The van der Waals surface area contributed by atoms with E-state index < -0.39 is 11.8 Å². The van der Waals surface area contributed by atoms with E-state index in [1.807, 2.05) is 12.3 Å². The van der Waals surface area contributed by atoms with Crippen LogP contribution in [0.4, 0.5) is 9.18 Å². The number of nitrogens with one attached hydrogen (secondary N) is 1. The Morgan fingerprint density at radius 2 is 2.33 bits per heavy atom. The van der Waals surface area contributed by atoms with Gasteiger partial charge in [-0.15, -0.1) is 0 Å². The maximum Gasteiger partial charge on any atom is 0.332 e. The number of hydrogen-bond acceptors (Lipinski definition) is 3. The lowest BCUT2D eigenvalue weighted by Crippen LogP contribution is -2.24. The van der Waals surface area contributed by atoms with Crippen LogP contribution in [0.5, 0.6) is 5.75 Å². The van der Waals surface area contributed by atoms with E-state index in [4.69, 9.17) is 10.5 Å². The Bertz CT molecular complexity index is 435. The van der Waals surface area contributed by atoms with E-state index in [1.54, 1.807) is 6.07 Å². The van der Waals surface area contributed by atoms with Gasteiger partial charge in [0.15, 0.2) is 0 Å². The van der Waals surface area contributed by atoms with Crippen LogP contribution >= 0.6 is 0 Å². The van der Waals surface area contributed by atoms with E-state index in [9.17, 15) is 9.18 Å². The summed E-state index contributed by atoms with van der Waals surface area (Å²) in [5.41, 5.74) is 7.35. The number of nitrogens with zero attached hydrogens (tertiary/aromatic N) is 1. The van der Waals surface area contributed by atoms with Gasteiger partial charge in [0.25, 0.3) is 0 Å². The van der Waals surface area contributed by atoms with Crippen LogP contribution in [0, 0.1) is 5.82 Å². The molecule has 0 bridgehead atoms. The smallest absolute Gasteiger partial charge is 0.332 e. The fourth-order valence-corrected chi connectivity index (χ4v) is 1.25. The predicted molar refractivity (Wildman–Crippen MR) is 67.1 cm³/mol. The molecule has 0 aliphatic heterocycles. The molecule has 0 heterocycles. The van der Waals surface area contributed by atoms with Crippen molar-refractivity contribution in [3.05, 3.63) is 29.6 Å². The number of primary amides is 1. The molecular weight excluding hydrogens is 237 g/mol. The highest BCUT2D eigenvalue weighted by Crippen LogP contribution is 2.15. The molecule has 1 rings (SSSR count). The molecule has 98 valence electrons. The summed E-state index contributed by atoms with van der Waals surface area (Å²) in [5.74, 6) is 0.00787. The lowest BCUT2D eigenvalue weighted by atomic mass is 10.2. The highest BCUT2D eigenvalue weighted by molar-refractivity contribution is 5.82. The first-order valence-corrected chi connectivity index (χ1v) is 5.63. The van der Waals surface area contributed by atoms with Gasteiger partial charge in [0.1, 0.15) is 11.6 Å². The fourth-order valence-electron chi connectivity index (χ4n) is 1.25. The standard InChI is InChI=1S/C12H16FN3O2/c1-2-3-4-18-11-6-9(5-10(13)7-11)8-15-16-12(14)17/h5-8H,2-4H2,1H3,(H3,14,16,17). The van der Waals surface area contributed by atoms with Gasteiger partial charge in [0.05, 0.1) is 12.8 Å². The number of urea groups is 1. The first-order chi connectivity index (χ1) is 8.61. The normalized spacial score (nSPS) is 10.6. The van der Waals surface area contributed by atoms with Crippen LogP contribution in [0.25, 0.3) is 0 Å². The molecule has 3 N–H and O–H groups in total. The van der Waals surface area contributed by atoms with Gasteiger partial charge in [-0.25, -0.2) is 14.6 Å². The minimum Gasteiger partial charge on any atom is -0.493 e. The first kappa shape index (κ1) is 14.0. The van der Waals surface area contributed by atoms with E-state index in [0.29, 0.717) is 17.9 Å². The average Bonchev–Trinajstić information content (AvgIpc) is 2.28. The zero-order chi connectivity index (χ0) is 13.4. The lowest BCUT2D eigenvalue weighted by molar-refractivity contribution is 0.249. The van der Waals surface area contributed by atoms with Crippen LogP contribution < -0.4 is 15.9 Å². The molecule has 2 amide bonds. The van der Waals surface area contributed by atoms with Crippen molar-refractivity contribution in [3.63, 3.8) is 0 Å². The van der Waals surface area contributed by atoms with E-state index in [-0.39, 0.29) is 0 Å². The number of ether oxygens (including phenoxy) is 1. The Morgan fingerprint density at radius 3 is 3.00 bits per heavy atom. The number of unbranched alkanes of at least 4 members (excludes halogenated alkanes) is 1. The van der Waals surface area contributed by atoms with E-state index in [1.165, 1.54) is 18.3 Å². The van der Waals surface area contributed by atoms with Crippen LogP contribution in [-0.4, -0.2) is 18.9 Å². The Labute approximate surface area is 105 Å². The second-order valence-electron chi connectivity index (χ2n) is 3.66. The molecular formula is C12H16FN3O2. The number of nitrogens with two attached hydrogens (primary N) is 1. The largest absolute Gasteiger partial charge is 0.493 e. The molecule has 0 saturated carbocycles. The van der Waals surface area contributed by atoms with Gasteiger partial charge in [0, 0.05) is 11.6 Å². The summed E-state index contributed by atoms with van der Waals surface area (Å²) in [6.07, 6.45) is 3.20. The van der Waals surface area contributed by atoms with Crippen molar-refractivity contribution >= 4 is 12.2 Å². The van der Waals surface area contributed by atoms with Gasteiger partial charge in [-0.05, 0) is 18.6 Å². The number of halogens is 1. The maximum atomic E-state index is 13.3. The summed E-state index contributed by atoms with van der Waals surface area (Å²) in [5, 5.41) is 3.55. The van der Waals surface area contributed by atoms with E-state index in [0.717, 1.165) is 12.8 Å². The summed E-state index contributed by atoms with van der Waals surface area (Å²) in [4.78, 5) is 10.4. The van der Waals surface area contributed by atoms with E-state index >= 15 is 0 Å². The zero-order valence-electron chi connectivity index (χ0n) is 10.1. The van der Waals surface area contributed by atoms with Crippen molar-refractivity contribution in [1.29, 1.82) is 0 Å². The maximum absolute atomic E-state index is 13.3. The second kappa shape index (κ2) is 7.26. The quantitative estimate of drug-likeness (QED) is 0.462. The van der Waals surface area contributed by atoms with Crippen molar-refractivity contribution in [1.82, 2.24) is 5.43 Å². The zero-order valence-corrected chi connectivity index (χ0v) is 10.1. The molecule has 6 heteroatoms. The van der Waals surface area contributed by atoms with Crippen molar-refractivity contribution in [2.75, 3.05) is 6.61 Å². The lowest BCUT2D eigenvalue weighted by Gasteiger charge is -2.06. The van der Waals surface area contributed by atoms with Crippen LogP contribution in [0.2, 0.25) is 0 Å². The highest BCUT2D eigenvalue weighted by Gasteiger charge is 2.00. The monoisotopic (exact) mass is 253 g/mol.